The lowest BCUT2D eigenvalue weighted by Gasteiger charge is -2.37. The molecule has 202 valence electrons. The number of benzene rings is 2. The summed E-state index contributed by atoms with van der Waals surface area (Å²) >= 11 is 0. The van der Waals surface area contributed by atoms with Crippen molar-refractivity contribution in [3.8, 4) is 5.75 Å². The number of hydrogen-bond donors (Lipinski definition) is 1. The molecule has 1 unspecified atom stereocenters. The van der Waals surface area contributed by atoms with Crippen molar-refractivity contribution in [2.75, 3.05) is 0 Å². The van der Waals surface area contributed by atoms with E-state index in [1.54, 1.807) is 4.57 Å². The van der Waals surface area contributed by atoms with E-state index in [1.807, 2.05) is 35.2 Å². The number of ether oxygens (including phenoxy) is 1. The Labute approximate surface area is 222 Å². The summed E-state index contributed by atoms with van der Waals surface area (Å²) < 4.78 is 49.0. The highest BCUT2D eigenvalue weighted by atomic mass is 19.1. The van der Waals surface area contributed by atoms with E-state index in [-0.39, 0.29) is 41.6 Å². The average Bonchev–Trinajstić information content (AvgIpc) is 3.16. The van der Waals surface area contributed by atoms with Crippen molar-refractivity contribution in [1.82, 2.24) is 14.8 Å². The predicted molar refractivity (Wildman–Crippen MR) is 135 cm³/mol. The first kappa shape index (κ1) is 25.2. The van der Waals surface area contributed by atoms with Crippen LogP contribution in [0.5, 0.6) is 5.75 Å². The Morgan fingerprint density at radius 2 is 1.79 bits per heavy atom. The van der Waals surface area contributed by atoms with Gasteiger partial charge >= 0.3 is 0 Å². The van der Waals surface area contributed by atoms with Crippen molar-refractivity contribution < 1.29 is 27.5 Å². The number of aromatic nitrogens is 1. The summed E-state index contributed by atoms with van der Waals surface area (Å²) in [7, 11) is 0. The third kappa shape index (κ3) is 4.47. The minimum Gasteiger partial charge on any atom is -0.483 e. The molecule has 10 heteroatoms. The van der Waals surface area contributed by atoms with Gasteiger partial charge < -0.3 is 19.5 Å². The fraction of sp³-hybridized carbons (Fsp3) is 0.345. The molecule has 2 amide bonds. The van der Waals surface area contributed by atoms with Gasteiger partial charge in [0.05, 0.1) is 6.04 Å². The number of hydrogen-bond acceptors (Lipinski definition) is 4. The molecule has 0 radical (unpaired) electrons. The molecular formula is C29H26F3N3O4. The standard InChI is InChI=1S/C29H26F3N3O4/c30-18-10-22(31)20(23(32)11-18)12-33-28(37)21-13-34-14-24-17-7-4-8-19(9-17)35(24)29(38)25(34)27(26(21)36)39-15-16-5-2-1-3-6-16/h1-3,5-6,10-11,13,17,19,24H,4,7-9,12,14-15H2,(H,33,37)/t17?,19-,24+/m0/s1. The predicted octanol–water partition coefficient (Wildman–Crippen LogP) is 4.17. The molecule has 0 spiro atoms. The number of carbonyl (C=O) groups excluding carboxylic acids is 2. The Bertz CT molecular complexity index is 1500. The number of nitrogens with zero attached hydrogens (tertiary/aromatic N) is 2. The summed E-state index contributed by atoms with van der Waals surface area (Å²) in [6.45, 7) is -0.189. The molecule has 1 saturated heterocycles. The molecule has 7 nitrogen and oxygen atoms in total. The lowest BCUT2D eigenvalue weighted by atomic mass is 9.87. The summed E-state index contributed by atoms with van der Waals surface area (Å²) in [5.41, 5.74) is -0.763. The first-order chi connectivity index (χ1) is 18.8. The van der Waals surface area contributed by atoms with Gasteiger partial charge in [-0.2, -0.15) is 0 Å². The van der Waals surface area contributed by atoms with Crippen LogP contribution in [0.3, 0.4) is 0 Å². The number of nitrogens with one attached hydrogen (secondary N) is 1. The first-order valence-electron chi connectivity index (χ1n) is 13.0. The van der Waals surface area contributed by atoms with Crippen LogP contribution in [0, 0.1) is 23.4 Å². The molecule has 3 atom stereocenters. The van der Waals surface area contributed by atoms with Crippen LogP contribution < -0.4 is 15.5 Å². The average molecular weight is 538 g/mol. The van der Waals surface area contributed by atoms with Crippen LogP contribution in [0.4, 0.5) is 13.2 Å². The molecule has 39 heavy (non-hydrogen) atoms. The van der Waals surface area contributed by atoms with Crippen molar-refractivity contribution in [1.29, 1.82) is 0 Å². The lowest BCUT2D eigenvalue weighted by molar-refractivity contribution is 0.0565. The van der Waals surface area contributed by atoms with Crippen molar-refractivity contribution >= 4 is 11.8 Å². The molecule has 3 aliphatic rings. The number of fused-ring (bicyclic) bond motifs is 6. The minimum atomic E-state index is -1.15. The maximum absolute atomic E-state index is 14.1. The lowest BCUT2D eigenvalue weighted by Crippen LogP contribution is -2.50. The van der Waals surface area contributed by atoms with Crippen molar-refractivity contribution in [3.05, 3.63) is 98.7 Å². The first-order valence-corrected chi connectivity index (χ1v) is 13.0. The third-order valence-electron chi connectivity index (χ3n) is 8.04. The third-order valence-corrected chi connectivity index (χ3v) is 8.04. The highest BCUT2D eigenvalue weighted by Crippen LogP contribution is 2.44. The normalized spacial score (nSPS) is 21.4. The molecular weight excluding hydrogens is 511 g/mol. The molecule has 3 heterocycles. The van der Waals surface area contributed by atoms with E-state index < -0.39 is 40.9 Å². The molecule has 6 rings (SSSR count). The van der Waals surface area contributed by atoms with E-state index in [0.717, 1.165) is 31.2 Å². The van der Waals surface area contributed by atoms with E-state index in [1.165, 1.54) is 6.20 Å². The smallest absolute Gasteiger partial charge is 0.275 e. The summed E-state index contributed by atoms with van der Waals surface area (Å²) in [6, 6.07) is 10.2. The molecule has 2 fully saturated rings. The molecule has 1 N–H and O–H groups in total. The van der Waals surface area contributed by atoms with Crippen LogP contribution in [0.1, 0.15) is 57.7 Å². The van der Waals surface area contributed by atoms with Crippen LogP contribution in [-0.2, 0) is 19.7 Å². The van der Waals surface area contributed by atoms with E-state index in [2.05, 4.69) is 5.32 Å². The zero-order valence-electron chi connectivity index (χ0n) is 21.0. The monoisotopic (exact) mass is 537 g/mol. The molecule has 1 aromatic heterocycles. The fourth-order valence-electron chi connectivity index (χ4n) is 6.21. The van der Waals surface area contributed by atoms with Gasteiger partial charge in [0.25, 0.3) is 11.8 Å². The van der Waals surface area contributed by atoms with Crippen molar-refractivity contribution in [3.63, 3.8) is 0 Å². The number of rotatable bonds is 6. The maximum atomic E-state index is 14.1. The van der Waals surface area contributed by atoms with E-state index in [4.69, 9.17) is 4.74 Å². The number of carbonyl (C=O) groups is 2. The highest BCUT2D eigenvalue weighted by molar-refractivity contribution is 5.99. The molecule has 3 aromatic rings. The van der Waals surface area contributed by atoms with Gasteiger partial charge in [0.2, 0.25) is 5.43 Å². The minimum absolute atomic E-state index is 0.00289. The topological polar surface area (TPSA) is 80.6 Å². The molecule has 2 aliphatic heterocycles. The van der Waals surface area contributed by atoms with Gasteiger partial charge in [-0.15, -0.1) is 0 Å². The van der Waals surface area contributed by atoms with Crippen LogP contribution in [0.2, 0.25) is 0 Å². The zero-order valence-corrected chi connectivity index (χ0v) is 21.0. The summed E-state index contributed by atoms with van der Waals surface area (Å²) in [4.78, 5) is 42.4. The van der Waals surface area contributed by atoms with Gasteiger partial charge in [0.15, 0.2) is 11.4 Å². The van der Waals surface area contributed by atoms with Gasteiger partial charge in [0, 0.05) is 43.0 Å². The molecule has 2 bridgehead atoms. The van der Waals surface area contributed by atoms with Crippen LogP contribution in [0.25, 0.3) is 0 Å². The molecule has 1 saturated carbocycles. The highest BCUT2D eigenvalue weighted by Gasteiger charge is 2.50. The van der Waals surface area contributed by atoms with Crippen molar-refractivity contribution in [2.24, 2.45) is 5.92 Å². The zero-order chi connectivity index (χ0) is 27.3. The second-order valence-corrected chi connectivity index (χ2v) is 10.4. The largest absolute Gasteiger partial charge is 0.483 e. The Morgan fingerprint density at radius 1 is 1.05 bits per heavy atom. The quantitative estimate of drug-likeness (QED) is 0.512. The maximum Gasteiger partial charge on any atom is 0.275 e. The van der Waals surface area contributed by atoms with Crippen LogP contribution in [-0.4, -0.2) is 33.4 Å². The van der Waals surface area contributed by atoms with Gasteiger partial charge in [-0.05, 0) is 30.7 Å². The van der Waals surface area contributed by atoms with Crippen LogP contribution in [0.15, 0.2) is 53.5 Å². The second kappa shape index (κ2) is 9.91. The Kier molecular flexibility index (Phi) is 6.40. The summed E-state index contributed by atoms with van der Waals surface area (Å²) in [5, 5.41) is 2.35. The van der Waals surface area contributed by atoms with Crippen molar-refractivity contribution in [2.45, 2.75) is 57.5 Å². The van der Waals surface area contributed by atoms with Gasteiger partial charge in [-0.25, -0.2) is 13.2 Å². The van der Waals surface area contributed by atoms with Gasteiger partial charge in [0.1, 0.15) is 29.6 Å². The summed E-state index contributed by atoms with van der Waals surface area (Å²) in [6.07, 6.45) is 5.21. The second-order valence-electron chi connectivity index (χ2n) is 10.4. The molecule has 1 aliphatic carbocycles. The van der Waals surface area contributed by atoms with Gasteiger partial charge in [-0.1, -0.05) is 36.8 Å². The number of halogens is 3. The SMILES string of the molecule is O=C(NCc1c(F)cc(F)cc1F)c1cn2c(c(OCc3ccccc3)c1=O)C(=O)N1[C@H]3CCCC(C3)[C@H]1C2. The van der Waals surface area contributed by atoms with E-state index in [0.29, 0.717) is 24.6 Å². The number of amides is 2. The van der Waals surface area contributed by atoms with E-state index >= 15 is 0 Å². The Morgan fingerprint density at radius 3 is 2.54 bits per heavy atom. The van der Waals surface area contributed by atoms with Crippen LogP contribution >= 0.6 is 0 Å². The van der Waals surface area contributed by atoms with Gasteiger partial charge in [-0.3, -0.25) is 14.4 Å². The Hall–Kier alpha value is -4.08. The molecule has 2 aromatic carbocycles. The summed E-state index contributed by atoms with van der Waals surface area (Å²) in [5.74, 6) is -4.44. The fourth-order valence-corrected chi connectivity index (χ4v) is 6.21. The Balaban J connectivity index is 1.36. The number of pyridine rings is 1. The van der Waals surface area contributed by atoms with E-state index in [9.17, 15) is 27.6 Å².